The Morgan fingerprint density at radius 2 is 2.00 bits per heavy atom. The van der Waals surface area contributed by atoms with Crippen molar-refractivity contribution in [1.82, 2.24) is 19.7 Å². The molecule has 30 heavy (non-hydrogen) atoms. The van der Waals surface area contributed by atoms with Gasteiger partial charge in [0.2, 0.25) is 0 Å². The van der Waals surface area contributed by atoms with Gasteiger partial charge in [-0.25, -0.2) is 9.37 Å². The molecule has 0 bridgehead atoms. The van der Waals surface area contributed by atoms with Crippen molar-refractivity contribution < 1.29 is 4.39 Å². The van der Waals surface area contributed by atoms with Crippen molar-refractivity contribution in [2.75, 3.05) is 22.9 Å². The van der Waals surface area contributed by atoms with Gasteiger partial charge in [-0.3, -0.25) is 9.67 Å². The van der Waals surface area contributed by atoms with Crippen molar-refractivity contribution in [2.45, 2.75) is 25.4 Å². The molecule has 1 atom stereocenters. The second-order valence-electron chi connectivity index (χ2n) is 7.48. The first-order valence-corrected chi connectivity index (χ1v) is 9.97. The molecule has 0 N–H and O–H groups in total. The number of pyridine rings is 2. The third-order valence-corrected chi connectivity index (χ3v) is 5.49. The molecule has 0 amide bonds. The molecule has 0 saturated carbocycles. The van der Waals surface area contributed by atoms with E-state index in [1.807, 2.05) is 40.4 Å². The number of halogens is 1. The van der Waals surface area contributed by atoms with Gasteiger partial charge >= 0.3 is 0 Å². The van der Waals surface area contributed by atoms with Crippen molar-refractivity contribution in [3.8, 4) is 6.07 Å². The zero-order valence-corrected chi connectivity index (χ0v) is 16.3. The second kappa shape index (κ2) is 7.59. The van der Waals surface area contributed by atoms with Crippen molar-refractivity contribution >= 4 is 11.6 Å². The summed E-state index contributed by atoms with van der Waals surface area (Å²) in [6.07, 6.45) is 11.3. The number of aromatic nitrogens is 4. The lowest BCUT2D eigenvalue weighted by Gasteiger charge is -2.34. The van der Waals surface area contributed by atoms with E-state index < -0.39 is 0 Å². The Kier molecular flexibility index (Phi) is 4.64. The van der Waals surface area contributed by atoms with Crippen LogP contribution in [-0.2, 0) is 6.54 Å². The summed E-state index contributed by atoms with van der Waals surface area (Å²) in [5, 5.41) is 13.5. The van der Waals surface area contributed by atoms with Crippen LogP contribution >= 0.6 is 0 Å². The van der Waals surface area contributed by atoms with Crippen LogP contribution in [0.3, 0.4) is 0 Å². The minimum atomic E-state index is -0.271. The van der Waals surface area contributed by atoms with Crippen molar-refractivity contribution in [3.05, 3.63) is 77.8 Å². The average Bonchev–Trinajstić information content (AvgIpc) is 3.41. The average molecular weight is 401 g/mol. The molecule has 0 aromatic carbocycles. The van der Waals surface area contributed by atoms with Gasteiger partial charge in [0.25, 0.3) is 0 Å². The summed E-state index contributed by atoms with van der Waals surface area (Å²) >= 11 is 0. The number of anilines is 2. The van der Waals surface area contributed by atoms with Crippen LogP contribution in [0.5, 0.6) is 0 Å². The highest BCUT2D eigenvalue weighted by Gasteiger charge is 2.27. The smallest absolute Gasteiger partial charge is 0.166 e. The van der Waals surface area contributed by atoms with Gasteiger partial charge < -0.3 is 9.80 Å². The Hall–Kier alpha value is -3.73. The molecule has 0 aliphatic carbocycles. The highest BCUT2D eigenvalue weighted by molar-refractivity contribution is 5.53. The number of hydrogen-bond donors (Lipinski definition) is 0. The van der Waals surface area contributed by atoms with E-state index in [-0.39, 0.29) is 11.9 Å². The molecule has 0 radical (unpaired) electrons. The number of nitriles is 1. The Morgan fingerprint density at radius 3 is 2.67 bits per heavy atom. The van der Waals surface area contributed by atoms with E-state index in [0.717, 1.165) is 43.0 Å². The molecular weight excluding hydrogens is 381 g/mol. The SMILES string of the molecule is N#Cc1ccc(Cn2ccc(N3C=CC3c3cnc(N4CCCC4)c(F)c3)n2)nc1. The summed E-state index contributed by atoms with van der Waals surface area (Å²) in [4.78, 5) is 12.7. The Balaban J connectivity index is 1.30. The lowest BCUT2D eigenvalue weighted by atomic mass is 10.0. The molecule has 0 spiro atoms. The molecule has 1 fully saturated rings. The largest absolute Gasteiger partial charge is 0.354 e. The molecule has 5 heterocycles. The highest BCUT2D eigenvalue weighted by atomic mass is 19.1. The number of nitrogens with zero attached hydrogens (tertiary/aromatic N) is 7. The predicted molar refractivity (Wildman–Crippen MR) is 110 cm³/mol. The Bertz CT molecular complexity index is 1120. The summed E-state index contributed by atoms with van der Waals surface area (Å²) < 4.78 is 16.5. The lowest BCUT2D eigenvalue weighted by Crippen LogP contribution is -2.30. The van der Waals surface area contributed by atoms with Gasteiger partial charge in [-0.1, -0.05) is 0 Å². The third-order valence-electron chi connectivity index (χ3n) is 5.49. The van der Waals surface area contributed by atoms with Gasteiger partial charge in [0.05, 0.1) is 23.8 Å². The highest BCUT2D eigenvalue weighted by Crippen LogP contribution is 2.35. The standard InChI is InChI=1S/C22H20FN7/c23-19-11-17(14-26-22(19)28-7-1-2-8-28)20-5-10-30(20)21-6-9-29(27-21)15-18-4-3-16(12-24)13-25-18/h3-6,9-11,13-14,20H,1-2,7-8,15H2. The Morgan fingerprint density at radius 1 is 1.13 bits per heavy atom. The maximum Gasteiger partial charge on any atom is 0.166 e. The van der Waals surface area contributed by atoms with Crippen LogP contribution in [0.2, 0.25) is 0 Å². The van der Waals surface area contributed by atoms with Gasteiger partial charge in [0, 0.05) is 49.5 Å². The minimum absolute atomic E-state index is 0.0870. The van der Waals surface area contributed by atoms with E-state index >= 15 is 0 Å². The fourth-order valence-electron chi connectivity index (χ4n) is 3.84. The summed E-state index contributed by atoms with van der Waals surface area (Å²) in [5.74, 6) is 0.956. The fraction of sp³-hybridized carbons (Fsp3) is 0.273. The first kappa shape index (κ1) is 18.3. The van der Waals surface area contributed by atoms with Crippen LogP contribution in [-0.4, -0.2) is 32.8 Å². The van der Waals surface area contributed by atoms with Crippen LogP contribution in [0.15, 0.2) is 55.1 Å². The van der Waals surface area contributed by atoms with Crippen LogP contribution in [0.25, 0.3) is 0 Å². The zero-order valence-electron chi connectivity index (χ0n) is 16.3. The molecule has 3 aromatic heterocycles. The monoisotopic (exact) mass is 401 g/mol. The molecule has 1 unspecified atom stereocenters. The van der Waals surface area contributed by atoms with Gasteiger partial charge in [-0.2, -0.15) is 10.4 Å². The quantitative estimate of drug-likeness (QED) is 0.652. The van der Waals surface area contributed by atoms with Crippen molar-refractivity contribution in [1.29, 1.82) is 5.26 Å². The van der Waals surface area contributed by atoms with Gasteiger partial charge in [-0.15, -0.1) is 0 Å². The van der Waals surface area contributed by atoms with E-state index in [0.29, 0.717) is 17.9 Å². The zero-order chi connectivity index (χ0) is 20.5. The normalized spacial score (nSPS) is 17.8. The molecule has 2 aliphatic heterocycles. The van der Waals surface area contributed by atoms with Gasteiger partial charge in [0.15, 0.2) is 17.5 Å². The molecule has 3 aromatic rings. The van der Waals surface area contributed by atoms with Crippen LogP contribution in [0.4, 0.5) is 16.0 Å². The molecule has 7 nitrogen and oxygen atoms in total. The van der Waals surface area contributed by atoms with Gasteiger partial charge in [-0.05, 0) is 37.1 Å². The summed E-state index contributed by atoms with van der Waals surface area (Å²) in [6.45, 7) is 2.24. The Labute approximate surface area is 173 Å². The molecule has 8 heteroatoms. The van der Waals surface area contributed by atoms with E-state index in [1.54, 1.807) is 29.2 Å². The topological polar surface area (TPSA) is 73.9 Å². The van der Waals surface area contributed by atoms with E-state index in [1.165, 1.54) is 0 Å². The molecule has 2 aliphatic rings. The maximum absolute atomic E-state index is 14.7. The number of hydrogen-bond acceptors (Lipinski definition) is 6. The second-order valence-corrected chi connectivity index (χ2v) is 7.48. The van der Waals surface area contributed by atoms with Crippen LogP contribution in [0, 0.1) is 17.1 Å². The van der Waals surface area contributed by atoms with E-state index in [9.17, 15) is 4.39 Å². The van der Waals surface area contributed by atoms with E-state index in [2.05, 4.69) is 21.1 Å². The predicted octanol–water partition coefficient (Wildman–Crippen LogP) is 3.41. The van der Waals surface area contributed by atoms with Gasteiger partial charge in [0.1, 0.15) is 6.07 Å². The molecule has 150 valence electrons. The summed E-state index contributed by atoms with van der Waals surface area (Å²) in [5.41, 5.74) is 2.16. The third kappa shape index (κ3) is 3.39. The maximum atomic E-state index is 14.7. The summed E-state index contributed by atoms with van der Waals surface area (Å²) in [7, 11) is 0. The molecular formula is C22H20FN7. The molecule has 5 rings (SSSR count). The van der Waals surface area contributed by atoms with Crippen LogP contribution < -0.4 is 9.80 Å². The van der Waals surface area contributed by atoms with E-state index in [4.69, 9.17) is 5.26 Å². The van der Waals surface area contributed by atoms with Crippen molar-refractivity contribution in [2.24, 2.45) is 0 Å². The lowest BCUT2D eigenvalue weighted by molar-refractivity contribution is 0.608. The first-order chi connectivity index (χ1) is 14.7. The fourth-order valence-corrected chi connectivity index (χ4v) is 3.84. The minimum Gasteiger partial charge on any atom is -0.354 e. The first-order valence-electron chi connectivity index (χ1n) is 9.97. The van der Waals surface area contributed by atoms with Crippen molar-refractivity contribution in [3.63, 3.8) is 0 Å². The number of rotatable bonds is 5. The summed E-state index contributed by atoms with van der Waals surface area (Å²) in [6, 6.07) is 9.04. The molecule has 1 saturated heterocycles. The van der Waals surface area contributed by atoms with Crippen LogP contribution in [0.1, 0.15) is 35.7 Å².